The number of rotatable bonds is 1. The van der Waals surface area contributed by atoms with Crippen LogP contribution >= 0.6 is 0 Å². The number of hydrogen-bond donors (Lipinski definition) is 0. The first-order valence-electron chi connectivity index (χ1n) is 10.3. The van der Waals surface area contributed by atoms with Gasteiger partial charge in [-0.05, 0) is 79.8 Å². The predicted octanol–water partition coefficient (Wildman–Crippen LogP) is 5.81. The number of hydrogen-bond acceptors (Lipinski definition) is 2. The summed E-state index contributed by atoms with van der Waals surface area (Å²) in [4.78, 5) is 14.6. The van der Waals surface area contributed by atoms with Crippen LogP contribution in [0, 0.1) is 0 Å². The first kappa shape index (κ1) is 17.5. The summed E-state index contributed by atoms with van der Waals surface area (Å²) in [6.07, 6.45) is 6.16. The fourth-order valence-electron chi connectivity index (χ4n) is 4.99. The molecule has 2 heterocycles. The van der Waals surface area contributed by atoms with E-state index in [2.05, 4.69) is 48.5 Å². The van der Waals surface area contributed by atoms with E-state index in [1.54, 1.807) is 0 Å². The van der Waals surface area contributed by atoms with Crippen LogP contribution in [-0.2, 0) is 11.2 Å². The van der Waals surface area contributed by atoms with E-state index in [1.807, 2.05) is 25.7 Å². The Morgan fingerprint density at radius 1 is 1.04 bits per heavy atom. The Hall–Kier alpha value is -2.55. The van der Waals surface area contributed by atoms with E-state index < -0.39 is 5.60 Å². The van der Waals surface area contributed by atoms with Crippen molar-refractivity contribution in [3.05, 3.63) is 65.2 Å². The molecule has 144 valence electrons. The van der Waals surface area contributed by atoms with Crippen LogP contribution in [0.1, 0.15) is 56.7 Å². The second-order valence-corrected chi connectivity index (χ2v) is 9.29. The largest absolute Gasteiger partial charge is 0.444 e. The van der Waals surface area contributed by atoms with Crippen molar-refractivity contribution < 1.29 is 9.53 Å². The molecule has 0 aromatic heterocycles. The molecule has 3 aliphatic rings. The third kappa shape index (κ3) is 2.94. The lowest BCUT2D eigenvalue weighted by Gasteiger charge is -2.35. The maximum absolute atomic E-state index is 12.7. The topological polar surface area (TPSA) is 29.5 Å². The van der Waals surface area contributed by atoms with Crippen LogP contribution in [0.3, 0.4) is 0 Å². The second kappa shape index (κ2) is 6.23. The van der Waals surface area contributed by atoms with Crippen LogP contribution in [0.4, 0.5) is 4.79 Å². The van der Waals surface area contributed by atoms with Gasteiger partial charge in [-0.1, -0.05) is 48.5 Å². The first-order chi connectivity index (χ1) is 13.4. The zero-order chi connectivity index (χ0) is 19.5. The van der Waals surface area contributed by atoms with E-state index in [-0.39, 0.29) is 18.2 Å². The van der Waals surface area contributed by atoms with Crippen LogP contribution in [0.25, 0.3) is 16.7 Å². The molecular formula is C25H27NO2. The highest BCUT2D eigenvalue weighted by atomic mass is 16.6. The minimum atomic E-state index is -0.449. The summed E-state index contributed by atoms with van der Waals surface area (Å²) < 4.78 is 5.65. The van der Waals surface area contributed by atoms with Crippen molar-refractivity contribution in [3.8, 4) is 11.1 Å². The summed E-state index contributed by atoms with van der Waals surface area (Å²) in [7, 11) is 0. The molecule has 2 aromatic carbocycles. The fourth-order valence-corrected chi connectivity index (χ4v) is 4.99. The number of fused-ring (bicyclic) bond motifs is 5. The summed E-state index contributed by atoms with van der Waals surface area (Å²) in [5, 5.41) is 0. The van der Waals surface area contributed by atoms with Crippen LogP contribution in [-0.4, -0.2) is 28.7 Å². The van der Waals surface area contributed by atoms with Gasteiger partial charge in [0.25, 0.3) is 0 Å². The molecule has 0 saturated carbocycles. The average molecular weight is 373 g/mol. The zero-order valence-electron chi connectivity index (χ0n) is 16.9. The molecule has 0 N–H and O–H groups in total. The van der Waals surface area contributed by atoms with Gasteiger partial charge in [0.2, 0.25) is 0 Å². The smallest absolute Gasteiger partial charge is 0.411 e. The maximum Gasteiger partial charge on any atom is 0.411 e. The number of nitrogens with zero attached hydrogens (tertiary/aromatic N) is 1. The van der Waals surface area contributed by atoms with Crippen molar-refractivity contribution >= 4 is 11.7 Å². The van der Waals surface area contributed by atoms with E-state index in [9.17, 15) is 4.79 Å². The van der Waals surface area contributed by atoms with Gasteiger partial charge in [-0.2, -0.15) is 0 Å². The van der Waals surface area contributed by atoms with Crippen molar-refractivity contribution in [2.45, 2.75) is 64.1 Å². The number of carbonyl (C=O) groups is 1. The molecular weight excluding hydrogens is 346 g/mol. The first-order valence-corrected chi connectivity index (χ1v) is 10.3. The second-order valence-electron chi connectivity index (χ2n) is 9.29. The van der Waals surface area contributed by atoms with Crippen molar-refractivity contribution in [2.24, 2.45) is 0 Å². The van der Waals surface area contributed by atoms with Crippen molar-refractivity contribution in [1.29, 1.82) is 0 Å². The Morgan fingerprint density at radius 3 is 2.61 bits per heavy atom. The molecule has 3 nitrogen and oxygen atoms in total. The van der Waals surface area contributed by atoms with Gasteiger partial charge in [-0.3, -0.25) is 4.90 Å². The van der Waals surface area contributed by atoms with Crippen LogP contribution in [0.15, 0.2) is 48.5 Å². The summed E-state index contributed by atoms with van der Waals surface area (Å²) in [5.41, 5.74) is 7.82. The van der Waals surface area contributed by atoms with Gasteiger partial charge in [-0.15, -0.1) is 0 Å². The van der Waals surface area contributed by atoms with Crippen LogP contribution in [0.5, 0.6) is 0 Å². The monoisotopic (exact) mass is 373 g/mol. The van der Waals surface area contributed by atoms with E-state index in [1.165, 1.54) is 33.4 Å². The normalized spacial score (nSPS) is 22.5. The van der Waals surface area contributed by atoms with E-state index in [0.29, 0.717) is 0 Å². The van der Waals surface area contributed by atoms with Gasteiger partial charge >= 0.3 is 6.09 Å². The van der Waals surface area contributed by atoms with Crippen molar-refractivity contribution in [2.75, 3.05) is 0 Å². The minimum absolute atomic E-state index is 0.161. The molecule has 1 aliphatic carbocycles. The Bertz CT molecular complexity index is 982. The molecule has 0 spiro atoms. The highest BCUT2D eigenvalue weighted by Gasteiger charge is 2.41. The van der Waals surface area contributed by atoms with Crippen LogP contribution < -0.4 is 0 Å². The molecule has 2 aliphatic heterocycles. The van der Waals surface area contributed by atoms with E-state index >= 15 is 0 Å². The molecule has 2 atom stereocenters. The average Bonchev–Trinajstić information content (AvgIpc) is 3.14. The van der Waals surface area contributed by atoms with Crippen molar-refractivity contribution in [1.82, 2.24) is 4.90 Å². The molecule has 1 fully saturated rings. The van der Waals surface area contributed by atoms with Gasteiger partial charge in [-0.25, -0.2) is 4.79 Å². The fraction of sp³-hybridized carbons (Fsp3) is 0.400. The summed E-state index contributed by atoms with van der Waals surface area (Å²) in [5.74, 6) is 0. The number of amides is 1. The SMILES string of the molecule is CC(C)(C)OC(=O)N1C2C=C(c3ccc4c(c3)Cc3ccccc3-4)CC1CC2. The standard InChI is InChI=1S/C25H27NO2/c1-25(2,3)28-24(27)26-20-9-10-21(26)15-18(14-20)16-8-11-23-19(12-16)13-17-6-4-5-7-22(17)23/h4-8,11-12,14,20-21H,9-10,13,15H2,1-3H3. The van der Waals surface area contributed by atoms with E-state index in [4.69, 9.17) is 4.74 Å². The third-order valence-corrected chi connectivity index (χ3v) is 6.16. The molecule has 28 heavy (non-hydrogen) atoms. The highest BCUT2D eigenvalue weighted by molar-refractivity contribution is 5.81. The lowest BCUT2D eigenvalue weighted by atomic mass is 9.92. The minimum Gasteiger partial charge on any atom is -0.444 e. The lowest BCUT2D eigenvalue weighted by molar-refractivity contribution is 0.0175. The molecule has 5 rings (SSSR count). The zero-order valence-corrected chi connectivity index (χ0v) is 16.9. The van der Waals surface area contributed by atoms with Gasteiger partial charge in [0.05, 0.1) is 6.04 Å². The summed E-state index contributed by atoms with van der Waals surface area (Å²) >= 11 is 0. The predicted molar refractivity (Wildman–Crippen MR) is 112 cm³/mol. The Kier molecular flexibility index (Phi) is 3.90. The van der Waals surface area contributed by atoms with Crippen molar-refractivity contribution in [3.63, 3.8) is 0 Å². The Balaban J connectivity index is 1.41. The summed E-state index contributed by atoms with van der Waals surface area (Å²) in [6, 6.07) is 16.0. The van der Waals surface area contributed by atoms with E-state index in [0.717, 1.165) is 25.7 Å². The van der Waals surface area contributed by atoms with Gasteiger partial charge in [0.1, 0.15) is 5.60 Å². The third-order valence-electron chi connectivity index (χ3n) is 6.16. The van der Waals surface area contributed by atoms with Gasteiger partial charge in [0, 0.05) is 6.04 Å². The molecule has 2 unspecified atom stereocenters. The Labute approximate surface area is 167 Å². The van der Waals surface area contributed by atoms with Gasteiger partial charge in [0.15, 0.2) is 0 Å². The van der Waals surface area contributed by atoms with Crippen LogP contribution in [0.2, 0.25) is 0 Å². The molecule has 3 heteroatoms. The molecule has 0 radical (unpaired) electrons. The molecule has 1 amide bonds. The number of benzene rings is 2. The molecule has 2 aromatic rings. The molecule has 2 bridgehead atoms. The summed E-state index contributed by atoms with van der Waals surface area (Å²) in [6.45, 7) is 5.79. The molecule has 1 saturated heterocycles. The van der Waals surface area contributed by atoms with Gasteiger partial charge < -0.3 is 4.74 Å². The quantitative estimate of drug-likeness (QED) is 0.538. The number of carbonyl (C=O) groups excluding carboxylic acids is 1. The number of ether oxygens (including phenoxy) is 1. The maximum atomic E-state index is 12.7. The highest BCUT2D eigenvalue weighted by Crippen LogP contribution is 2.42. The Morgan fingerprint density at radius 2 is 1.82 bits per heavy atom. The lowest BCUT2D eigenvalue weighted by Crippen LogP contribution is -2.45.